The predicted molar refractivity (Wildman–Crippen MR) is 128 cm³/mol. The molecule has 0 saturated carbocycles. The minimum Gasteiger partial charge on any atom is -0.497 e. The van der Waals surface area contributed by atoms with Crippen LogP contribution in [0.4, 0.5) is 0 Å². The van der Waals surface area contributed by atoms with Crippen LogP contribution in [0.15, 0.2) is 53.7 Å². The van der Waals surface area contributed by atoms with E-state index in [9.17, 15) is 0 Å². The fraction of sp³-hybridized carbons (Fsp3) is 0.318. The van der Waals surface area contributed by atoms with Gasteiger partial charge in [0, 0.05) is 37.2 Å². The van der Waals surface area contributed by atoms with Crippen LogP contribution in [0.25, 0.3) is 10.9 Å². The van der Waals surface area contributed by atoms with Crippen LogP contribution in [0.2, 0.25) is 0 Å². The van der Waals surface area contributed by atoms with Gasteiger partial charge in [0.2, 0.25) is 0 Å². The van der Waals surface area contributed by atoms with E-state index in [-0.39, 0.29) is 24.0 Å². The van der Waals surface area contributed by atoms with Crippen LogP contribution in [-0.4, -0.2) is 38.2 Å². The number of fused-ring (bicyclic) bond motifs is 1. The Morgan fingerprint density at radius 3 is 2.43 bits per heavy atom. The highest BCUT2D eigenvalue weighted by Gasteiger charge is 2.05. The number of hydrogen-bond donors (Lipinski definition) is 3. The van der Waals surface area contributed by atoms with E-state index in [1.54, 1.807) is 14.2 Å². The Hall–Kier alpha value is -2.22. The van der Waals surface area contributed by atoms with Crippen LogP contribution in [-0.2, 0) is 12.8 Å². The lowest BCUT2D eigenvalue weighted by atomic mass is 10.1. The van der Waals surface area contributed by atoms with E-state index in [4.69, 9.17) is 4.74 Å². The van der Waals surface area contributed by atoms with Gasteiger partial charge in [0.15, 0.2) is 5.96 Å². The number of benzene rings is 2. The average molecular weight is 492 g/mol. The maximum atomic E-state index is 5.19. The topological polar surface area (TPSA) is 61.4 Å². The highest BCUT2D eigenvalue weighted by molar-refractivity contribution is 14.0. The van der Waals surface area contributed by atoms with Gasteiger partial charge in [-0.1, -0.05) is 30.3 Å². The summed E-state index contributed by atoms with van der Waals surface area (Å²) < 4.78 is 5.19. The van der Waals surface area contributed by atoms with Gasteiger partial charge in [-0.25, -0.2) is 0 Å². The van der Waals surface area contributed by atoms with Crippen molar-refractivity contribution in [1.82, 2.24) is 15.6 Å². The molecule has 3 N–H and O–H groups in total. The molecule has 6 heteroatoms. The van der Waals surface area contributed by atoms with Crippen molar-refractivity contribution in [3.8, 4) is 5.75 Å². The van der Waals surface area contributed by atoms with Gasteiger partial charge in [-0.2, -0.15) is 0 Å². The third kappa shape index (κ3) is 5.64. The second-order valence-electron chi connectivity index (χ2n) is 6.59. The summed E-state index contributed by atoms with van der Waals surface area (Å²) >= 11 is 0. The van der Waals surface area contributed by atoms with Gasteiger partial charge in [0.05, 0.1) is 7.11 Å². The van der Waals surface area contributed by atoms with Gasteiger partial charge in [-0.05, 0) is 48.6 Å². The molecular formula is C22H29IN4O. The number of nitrogens with zero attached hydrogens (tertiary/aromatic N) is 1. The van der Waals surface area contributed by atoms with E-state index in [2.05, 4.69) is 64.1 Å². The Morgan fingerprint density at radius 2 is 1.75 bits per heavy atom. The fourth-order valence-electron chi connectivity index (χ4n) is 3.22. The van der Waals surface area contributed by atoms with Crippen LogP contribution in [0.1, 0.15) is 16.7 Å². The van der Waals surface area contributed by atoms with Gasteiger partial charge in [-0.15, -0.1) is 24.0 Å². The maximum absolute atomic E-state index is 5.19. The third-order valence-electron chi connectivity index (χ3n) is 4.79. The van der Waals surface area contributed by atoms with Gasteiger partial charge in [0.1, 0.15) is 5.75 Å². The molecule has 2 aromatic carbocycles. The molecule has 3 rings (SSSR count). The number of aromatic amines is 1. The number of aliphatic imine (C=N–C) groups is 1. The second kappa shape index (κ2) is 10.9. The number of nitrogens with one attached hydrogen (secondary N) is 3. The normalized spacial score (nSPS) is 11.2. The quantitative estimate of drug-likeness (QED) is 0.265. The van der Waals surface area contributed by atoms with Crippen LogP contribution in [0.3, 0.4) is 0 Å². The number of aryl methyl sites for hydroxylation is 1. The Balaban J connectivity index is 0.00000280. The summed E-state index contributed by atoms with van der Waals surface area (Å²) in [6, 6.07) is 14.6. The highest BCUT2D eigenvalue weighted by Crippen LogP contribution is 2.21. The standard InChI is InChI=1S/C22H28N4O.HI/c1-16-5-4-6-20-18(15-26-21(16)20)12-14-25-22(23-2)24-13-11-17-7-9-19(27-3)10-8-17;/h4-10,15,26H,11-14H2,1-3H3,(H2,23,24,25);1H. The number of halogens is 1. The summed E-state index contributed by atoms with van der Waals surface area (Å²) in [5.74, 6) is 1.72. The van der Waals surface area contributed by atoms with Crippen LogP contribution in [0.5, 0.6) is 5.75 Å². The number of aromatic nitrogens is 1. The Kier molecular flexibility index (Phi) is 8.63. The summed E-state index contributed by atoms with van der Waals surface area (Å²) in [6.07, 6.45) is 3.99. The number of rotatable bonds is 7. The van der Waals surface area contributed by atoms with E-state index >= 15 is 0 Å². The highest BCUT2D eigenvalue weighted by atomic mass is 127. The zero-order valence-electron chi connectivity index (χ0n) is 16.7. The molecule has 0 amide bonds. The number of ether oxygens (including phenoxy) is 1. The third-order valence-corrected chi connectivity index (χ3v) is 4.79. The average Bonchev–Trinajstić information content (AvgIpc) is 3.12. The van der Waals surface area contributed by atoms with Crippen LogP contribution in [0, 0.1) is 6.92 Å². The molecule has 5 nitrogen and oxygen atoms in total. The summed E-state index contributed by atoms with van der Waals surface area (Å²) in [5, 5.41) is 8.07. The van der Waals surface area contributed by atoms with Crippen molar-refractivity contribution >= 4 is 40.8 Å². The number of H-pyrrole nitrogens is 1. The summed E-state index contributed by atoms with van der Waals surface area (Å²) in [7, 11) is 3.49. The molecule has 150 valence electrons. The van der Waals surface area contributed by atoms with Crippen molar-refractivity contribution in [2.45, 2.75) is 19.8 Å². The van der Waals surface area contributed by atoms with Gasteiger partial charge in [-0.3, -0.25) is 4.99 Å². The lowest BCUT2D eigenvalue weighted by Crippen LogP contribution is -2.39. The van der Waals surface area contributed by atoms with Crippen molar-refractivity contribution in [3.05, 3.63) is 65.4 Å². The Labute approximate surface area is 184 Å². The molecule has 28 heavy (non-hydrogen) atoms. The zero-order valence-corrected chi connectivity index (χ0v) is 19.0. The smallest absolute Gasteiger partial charge is 0.190 e. The van der Waals surface area contributed by atoms with Crippen molar-refractivity contribution < 1.29 is 4.74 Å². The van der Waals surface area contributed by atoms with Crippen molar-refractivity contribution in [1.29, 1.82) is 0 Å². The number of guanidine groups is 1. The van der Waals surface area contributed by atoms with Gasteiger partial charge in [0.25, 0.3) is 0 Å². The zero-order chi connectivity index (χ0) is 19.1. The first-order chi connectivity index (χ1) is 13.2. The van der Waals surface area contributed by atoms with Crippen LogP contribution >= 0.6 is 24.0 Å². The minimum atomic E-state index is 0. The summed E-state index contributed by atoms with van der Waals surface area (Å²) in [6.45, 7) is 3.80. The lowest BCUT2D eigenvalue weighted by Gasteiger charge is -2.12. The van der Waals surface area contributed by atoms with E-state index in [0.29, 0.717) is 0 Å². The largest absolute Gasteiger partial charge is 0.497 e. The molecule has 0 spiro atoms. The molecule has 0 radical (unpaired) electrons. The number of para-hydroxylation sites is 1. The predicted octanol–water partition coefficient (Wildman–Crippen LogP) is 4.05. The van der Waals surface area contributed by atoms with E-state index in [1.165, 1.54) is 27.6 Å². The minimum absolute atomic E-state index is 0. The maximum Gasteiger partial charge on any atom is 0.190 e. The van der Waals surface area contributed by atoms with E-state index < -0.39 is 0 Å². The van der Waals surface area contributed by atoms with Crippen molar-refractivity contribution in [2.75, 3.05) is 27.2 Å². The fourth-order valence-corrected chi connectivity index (χ4v) is 3.22. The molecule has 0 aliphatic rings. The number of hydrogen-bond acceptors (Lipinski definition) is 2. The summed E-state index contributed by atoms with van der Waals surface area (Å²) in [4.78, 5) is 7.70. The molecule has 0 unspecified atom stereocenters. The summed E-state index contributed by atoms with van der Waals surface area (Å²) in [5.41, 5.74) is 5.11. The molecular weight excluding hydrogens is 463 g/mol. The molecule has 3 aromatic rings. The van der Waals surface area contributed by atoms with Crippen molar-refractivity contribution in [2.24, 2.45) is 4.99 Å². The molecule has 0 saturated heterocycles. The monoisotopic (exact) mass is 492 g/mol. The van der Waals surface area contributed by atoms with E-state index in [0.717, 1.165) is 37.6 Å². The van der Waals surface area contributed by atoms with Gasteiger partial charge >= 0.3 is 0 Å². The van der Waals surface area contributed by atoms with E-state index in [1.807, 2.05) is 12.1 Å². The van der Waals surface area contributed by atoms with Crippen molar-refractivity contribution in [3.63, 3.8) is 0 Å². The first-order valence-electron chi connectivity index (χ1n) is 9.34. The molecule has 0 bridgehead atoms. The molecule has 0 atom stereocenters. The molecule has 0 aliphatic carbocycles. The molecule has 0 aliphatic heterocycles. The lowest BCUT2D eigenvalue weighted by molar-refractivity contribution is 0.414. The SMILES string of the molecule is CN=C(NCCc1ccc(OC)cc1)NCCc1c[nH]c2c(C)cccc12.I. The first kappa shape index (κ1) is 22.1. The molecule has 0 fully saturated rings. The Bertz CT molecular complexity index is 903. The molecule has 1 aromatic heterocycles. The second-order valence-corrected chi connectivity index (χ2v) is 6.59. The molecule has 1 heterocycles. The van der Waals surface area contributed by atoms with Crippen LogP contribution < -0.4 is 15.4 Å². The Morgan fingerprint density at radius 1 is 1.04 bits per heavy atom. The number of methoxy groups -OCH3 is 1. The van der Waals surface area contributed by atoms with Gasteiger partial charge < -0.3 is 20.4 Å². The first-order valence-corrected chi connectivity index (χ1v) is 9.34.